The zero-order valence-electron chi connectivity index (χ0n) is 23.1. The molecule has 1 aromatic heterocycles. The summed E-state index contributed by atoms with van der Waals surface area (Å²) in [5.41, 5.74) is 3.39. The van der Waals surface area contributed by atoms with Crippen molar-refractivity contribution in [1.82, 2.24) is 0 Å². The SMILES string of the molecule is CS[C@H]1C(c2ccc(C)c(Cc3ccc(-c4ccc(F)c(F)c4)s3)c2)O[C@H](OC(C)=O)[C@@H](OC(C)=O)[C@@H]1OC(C)=O. The minimum Gasteiger partial charge on any atom is -0.457 e. The highest BCUT2D eigenvalue weighted by Crippen LogP contribution is 2.42. The van der Waals surface area contributed by atoms with E-state index >= 15 is 0 Å². The van der Waals surface area contributed by atoms with E-state index in [1.165, 1.54) is 49.9 Å². The van der Waals surface area contributed by atoms with Gasteiger partial charge >= 0.3 is 17.9 Å². The van der Waals surface area contributed by atoms with E-state index in [0.29, 0.717) is 12.0 Å². The van der Waals surface area contributed by atoms with Crippen LogP contribution in [0.5, 0.6) is 0 Å². The molecule has 7 nitrogen and oxygen atoms in total. The van der Waals surface area contributed by atoms with Gasteiger partial charge < -0.3 is 18.9 Å². The van der Waals surface area contributed by atoms with Crippen molar-refractivity contribution in [3.05, 3.63) is 81.7 Å². The van der Waals surface area contributed by atoms with Crippen LogP contribution in [0.2, 0.25) is 0 Å². The third kappa shape index (κ3) is 7.33. The lowest BCUT2D eigenvalue weighted by atomic mass is 9.92. The van der Waals surface area contributed by atoms with E-state index in [0.717, 1.165) is 32.5 Å². The maximum atomic E-state index is 13.8. The van der Waals surface area contributed by atoms with Gasteiger partial charge in [-0.2, -0.15) is 11.8 Å². The monoisotopic (exact) mass is 604 g/mol. The number of thiophene rings is 1. The molecule has 0 bridgehead atoms. The number of carbonyl (C=O) groups excluding carboxylic acids is 3. The molecular formula is C30H30F2O7S2. The van der Waals surface area contributed by atoms with Crippen molar-refractivity contribution < 1.29 is 42.1 Å². The quantitative estimate of drug-likeness (QED) is 0.224. The largest absolute Gasteiger partial charge is 0.457 e. The fourth-order valence-corrected chi connectivity index (χ4v) is 6.74. The van der Waals surface area contributed by atoms with Crippen LogP contribution in [-0.4, -0.2) is 47.9 Å². The van der Waals surface area contributed by atoms with Crippen molar-refractivity contribution in [2.45, 2.75) is 64.0 Å². The van der Waals surface area contributed by atoms with E-state index in [1.807, 2.05) is 43.5 Å². The summed E-state index contributed by atoms with van der Waals surface area (Å²) in [6, 6.07) is 13.5. The van der Waals surface area contributed by atoms with Crippen molar-refractivity contribution in [3.63, 3.8) is 0 Å². The molecule has 1 unspecified atom stereocenters. The third-order valence-corrected chi connectivity index (χ3v) is 8.78. The van der Waals surface area contributed by atoms with Crippen molar-refractivity contribution in [1.29, 1.82) is 0 Å². The molecule has 11 heteroatoms. The smallest absolute Gasteiger partial charge is 0.305 e. The fourth-order valence-electron chi connectivity index (χ4n) is 4.76. The van der Waals surface area contributed by atoms with Crippen LogP contribution in [0.1, 0.15) is 48.4 Å². The number of aryl methyl sites for hydroxylation is 1. The Morgan fingerprint density at radius 3 is 2.20 bits per heavy atom. The summed E-state index contributed by atoms with van der Waals surface area (Å²) in [5.74, 6) is -3.64. The molecule has 1 aliphatic heterocycles. The van der Waals surface area contributed by atoms with Gasteiger partial charge in [-0.25, -0.2) is 8.78 Å². The molecule has 1 saturated heterocycles. The minimum absolute atomic E-state index is 0.493. The maximum absolute atomic E-state index is 13.8. The lowest BCUT2D eigenvalue weighted by Crippen LogP contribution is -2.57. The van der Waals surface area contributed by atoms with Gasteiger partial charge in [0.15, 0.2) is 17.7 Å². The second kappa shape index (κ2) is 13.1. The highest BCUT2D eigenvalue weighted by Gasteiger charge is 2.51. The molecule has 0 aliphatic carbocycles. The number of carbonyl (C=O) groups is 3. The van der Waals surface area contributed by atoms with Crippen molar-refractivity contribution >= 4 is 41.0 Å². The Labute approximate surface area is 245 Å². The molecular weight excluding hydrogens is 574 g/mol. The molecule has 0 saturated carbocycles. The molecule has 218 valence electrons. The van der Waals surface area contributed by atoms with Crippen molar-refractivity contribution in [3.8, 4) is 10.4 Å². The molecule has 3 aromatic rings. The van der Waals surface area contributed by atoms with Gasteiger partial charge in [-0.1, -0.05) is 24.3 Å². The van der Waals surface area contributed by atoms with Crippen LogP contribution in [0.3, 0.4) is 0 Å². The molecule has 4 rings (SSSR count). The molecule has 41 heavy (non-hydrogen) atoms. The Hall–Kier alpha value is -3.28. The van der Waals surface area contributed by atoms with E-state index in [-0.39, 0.29) is 0 Å². The van der Waals surface area contributed by atoms with Crippen LogP contribution < -0.4 is 0 Å². The zero-order chi connectivity index (χ0) is 29.8. The number of halogens is 2. The summed E-state index contributed by atoms with van der Waals surface area (Å²) in [5, 5.41) is -0.493. The summed E-state index contributed by atoms with van der Waals surface area (Å²) < 4.78 is 49.9. The second-order valence-corrected chi connectivity index (χ2v) is 11.8. The van der Waals surface area contributed by atoms with Crippen LogP contribution in [0.15, 0.2) is 48.5 Å². The highest BCUT2D eigenvalue weighted by molar-refractivity contribution is 7.99. The average molecular weight is 605 g/mol. The predicted molar refractivity (Wildman–Crippen MR) is 151 cm³/mol. The standard InChI is InChI=1S/C30H30F2O7S2/c1-15-6-7-20(12-21(15)13-22-9-11-25(41-22)19-8-10-23(31)24(32)14-19)26-29(40-5)27(36-16(2)33)28(37-17(3)34)30(39-26)38-18(4)35/h6-12,14,26-30H,13H2,1-5H3/t26?,27-,28-,29-,30-/m0/s1. The first-order valence-electron chi connectivity index (χ1n) is 12.8. The number of benzene rings is 2. The topological polar surface area (TPSA) is 88.1 Å². The van der Waals surface area contributed by atoms with Gasteiger partial charge in [-0.05, 0) is 59.7 Å². The maximum Gasteiger partial charge on any atom is 0.305 e. The van der Waals surface area contributed by atoms with E-state index in [4.69, 9.17) is 18.9 Å². The number of ether oxygens (including phenoxy) is 4. The Morgan fingerprint density at radius 2 is 1.56 bits per heavy atom. The van der Waals surface area contributed by atoms with Crippen molar-refractivity contribution in [2.24, 2.45) is 0 Å². The van der Waals surface area contributed by atoms with Gasteiger partial charge in [0, 0.05) is 36.9 Å². The number of hydrogen-bond acceptors (Lipinski definition) is 9. The van der Waals surface area contributed by atoms with Crippen LogP contribution >= 0.6 is 23.1 Å². The van der Waals surface area contributed by atoms with Gasteiger partial charge in [0.05, 0.1) is 5.25 Å². The second-order valence-electron chi connectivity index (χ2n) is 9.64. The number of rotatable bonds is 8. The summed E-state index contributed by atoms with van der Waals surface area (Å²) >= 11 is 2.86. The number of esters is 3. The molecule has 0 amide bonds. The Bertz CT molecular complexity index is 1440. The predicted octanol–water partition coefficient (Wildman–Crippen LogP) is 6.15. The Balaban J connectivity index is 1.66. The fraction of sp³-hybridized carbons (Fsp3) is 0.367. The van der Waals surface area contributed by atoms with E-state index in [2.05, 4.69) is 0 Å². The van der Waals surface area contributed by atoms with Crippen LogP contribution in [-0.2, 0) is 39.8 Å². The van der Waals surface area contributed by atoms with Gasteiger partial charge in [0.2, 0.25) is 12.4 Å². The van der Waals surface area contributed by atoms with Gasteiger partial charge in [-0.15, -0.1) is 11.3 Å². The summed E-state index contributed by atoms with van der Waals surface area (Å²) in [6.07, 6.45) is -1.67. The lowest BCUT2D eigenvalue weighted by molar-refractivity contribution is -0.266. The molecule has 1 fully saturated rings. The Morgan fingerprint density at radius 1 is 0.878 bits per heavy atom. The lowest BCUT2D eigenvalue weighted by Gasteiger charge is -2.44. The van der Waals surface area contributed by atoms with E-state index in [1.54, 1.807) is 6.07 Å². The molecule has 0 radical (unpaired) electrons. The van der Waals surface area contributed by atoms with Crippen LogP contribution in [0, 0.1) is 18.6 Å². The molecule has 0 N–H and O–H groups in total. The van der Waals surface area contributed by atoms with Gasteiger partial charge in [0.1, 0.15) is 6.10 Å². The van der Waals surface area contributed by atoms with Crippen molar-refractivity contribution in [2.75, 3.05) is 6.26 Å². The van der Waals surface area contributed by atoms with E-state index in [9.17, 15) is 23.2 Å². The molecule has 5 atom stereocenters. The molecule has 0 spiro atoms. The number of thioether (sulfide) groups is 1. The first kappa shape index (κ1) is 30.7. The molecule has 1 aliphatic rings. The van der Waals surface area contributed by atoms with Gasteiger partial charge in [0.25, 0.3) is 0 Å². The first-order chi connectivity index (χ1) is 19.5. The van der Waals surface area contributed by atoms with E-state index < -0.39 is 59.4 Å². The number of hydrogen-bond donors (Lipinski definition) is 0. The molecule has 2 aromatic carbocycles. The average Bonchev–Trinajstić information content (AvgIpc) is 3.36. The Kier molecular flexibility index (Phi) is 9.83. The highest BCUT2D eigenvalue weighted by atomic mass is 32.2. The zero-order valence-corrected chi connectivity index (χ0v) is 24.8. The van der Waals surface area contributed by atoms with Crippen LogP contribution in [0.25, 0.3) is 10.4 Å². The van der Waals surface area contributed by atoms with Gasteiger partial charge in [-0.3, -0.25) is 14.4 Å². The first-order valence-corrected chi connectivity index (χ1v) is 14.9. The third-order valence-electron chi connectivity index (χ3n) is 6.59. The van der Waals surface area contributed by atoms with Crippen LogP contribution in [0.4, 0.5) is 8.78 Å². The normalized spacial score (nSPS) is 22.2. The summed E-state index contributed by atoms with van der Waals surface area (Å²) in [7, 11) is 0. The summed E-state index contributed by atoms with van der Waals surface area (Å²) in [6.45, 7) is 5.67. The minimum atomic E-state index is -1.30. The molecule has 2 heterocycles. The summed E-state index contributed by atoms with van der Waals surface area (Å²) in [4.78, 5) is 37.7.